The molecular weight excluding hydrogens is 240 g/mol. The molecule has 0 aliphatic rings. The number of pyridine rings is 1. The minimum atomic E-state index is 0.724. The number of hydrogen-bond donors (Lipinski definition) is 1. The molecule has 0 saturated carbocycles. The lowest BCUT2D eigenvalue weighted by molar-refractivity contribution is 0.355. The molecule has 0 radical (unpaired) electrons. The lowest BCUT2D eigenvalue weighted by Crippen LogP contribution is -2.02. The molecule has 4 heteroatoms. The number of nitrogens with zero attached hydrogens (tertiary/aromatic N) is 1. The maximum atomic E-state index is 5.31. The summed E-state index contributed by atoms with van der Waals surface area (Å²) < 4.78 is 10.6. The molecule has 0 amide bonds. The Kier molecular flexibility index (Phi) is 4.23. The molecule has 1 aromatic carbocycles. The van der Waals surface area contributed by atoms with E-state index in [1.165, 1.54) is 0 Å². The Morgan fingerprint density at radius 3 is 2.53 bits per heavy atom. The number of nitrogens with one attached hydrogen (secondary N) is 1. The van der Waals surface area contributed by atoms with Crippen LogP contribution in [0.3, 0.4) is 0 Å². The molecule has 0 aliphatic heterocycles. The first kappa shape index (κ1) is 13.2. The first-order valence-corrected chi connectivity index (χ1v) is 6.10. The van der Waals surface area contributed by atoms with Crippen LogP contribution in [0.5, 0.6) is 11.5 Å². The standard InChI is InChI=1S/C15H18N2O2/c1-11-7-14(18-2)15(19-3)8-13(11)17-10-12-5-4-6-16-9-12/h4-9,17H,10H2,1-3H3. The van der Waals surface area contributed by atoms with Crippen molar-refractivity contribution in [3.63, 3.8) is 0 Å². The molecule has 100 valence electrons. The predicted octanol–water partition coefficient (Wildman–Crippen LogP) is 3.02. The van der Waals surface area contributed by atoms with Crippen LogP contribution in [0, 0.1) is 6.92 Å². The van der Waals surface area contributed by atoms with Crippen LogP contribution in [-0.2, 0) is 6.54 Å². The summed E-state index contributed by atoms with van der Waals surface area (Å²) in [5, 5.41) is 3.38. The molecule has 2 aromatic rings. The van der Waals surface area contributed by atoms with Crippen molar-refractivity contribution in [2.75, 3.05) is 19.5 Å². The normalized spacial score (nSPS) is 10.1. The summed E-state index contributed by atoms with van der Waals surface area (Å²) in [5.41, 5.74) is 3.28. The van der Waals surface area contributed by atoms with E-state index in [1.54, 1.807) is 20.4 Å². The van der Waals surface area contributed by atoms with Gasteiger partial charge in [-0.15, -0.1) is 0 Å². The summed E-state index contributed by atoms with van der Waals surface area (Å²) >= 11 is 0. The Labute approximate surface area is 113 Å². The van der Waals surface area contributed by atoms with Gasteiger partial charge in [0.2, 0.25) is 0 Å². The zero-order valence-corrected chi connectivity index (χ0v) is 11.4. The molecule has 2 rings (SSSR count). The number of hydrogen-bond acceptors (Lipinski definition) is 4. The third-order valence-electron chi connectivity index (χ3n) is 2.94. The van der Waals surface area contributed by atoms with Gasteiger partial charge in [0.1, 0.15) is 0 Å². The summed E-state index contributed by atoms with van der Waals surface area (Å²) in [6, 6.07) is 7.88. The van der Waals surface area contributed by atoms with Crippen molar-refractivity contribution in [1.29, 1.82) is 0 Å². The molecule has 1 N–H and O–H groups in total. The molecule has 0 saturated heterocycles. The highest BCUT2D eigenvalue weighted by Crippen LogP contribution is 2.32. The second-order valence-corrected chi connectivity index (χ2v) is 4.24. The smallest absolute Gasteiger partial charge is 0.162 e. The highest BCUT2D eigenvalue weighted by molar-refractivity contribution is 5.60. The summed E-state index contributed by atoms with van der Waals surface area (Å²) in [6.07, 6.45) is 3.62. The number of methoxy groups -OCH3 is 2. The van der Waals surface area contributed by atoms with E-state index in [0.29, 0.717) is 0 Å². The third kappa shape index (κ3) is 3.16. The van der Waals surface area contributed by atoms with Gasteiger partial charge in [-0.2, -0.15) is 0 Å². The van der Waals surface area contributed by atoms with Crippen LogP contribution >= 0.6 is 0 Å². The topological polar surface area (TPSA) is 43.4 Å². The molecule has 0 bridgehead atoms. The van der Waals surface area contributed by atoms with E-state index in [9.17, 15) is 0 Å². The molecule has 0 unspecified atom stereocenters. The van der Waals surface area contributed by atoms with Crippen LogP contribution in [0.25, 0.3) is 0 Å². The lowest BCUT2D eigenvalue weighted by atomic mass is 10.1. The first-order chi connectivity index (χ1) is 9.24. The van der Waals surface area contributed by atoms with E-state index in [4.69, 9.17) is 9.47 Å². The van der Waals surface area contributed by atoms with Gasteiger partial charge in [-0.05, 0) is 30.2 Å². The molecular formula is C15H18N2O2. The first-order valence-electron chi connectivity index (χ1n) is 6.10. The summed E-state index contributed by atoms with van der Waals surface area (Å²) in [4.78, 5) is 4.10. The fourth-order valence-corrected chi connectivity index (χ4v) is 1.87. The largest absolute Gasteiger partial charge is 0.493 e. The Balaban J connectivity index is 2.16. The van der Waals surface area contributed by atoms with Crippen molar-refractivity contribution < 1.29 is 9.47 Å². The number of anilines is 1. The van der Waals surface area contributed by atoms with Gasteiger partial charge in [-0.25, -0.2) is 0 Å². The second kappa shape index (κ2) is 6.09. The van der Waals surface area contributed by atoms with Gasteiger partial charge in [-0.3, -0.25) is 4.98 Å². The van der Waals surface area contributed by atoms with Crippen LogP contribution in [0.1, 0.15) is 11.1 Å². The molecule has 0 spiro atoms. The van der Waals surface area contributed by atoms with Crippen molar-refractivity contribution in [2.45, 2.75) is 13.5 Å². The van der Waals surface area contributed by atoms with Crippen molar-refractivity contribution in [3.05, 3.63) is 47.8 Å². The van der Waals surface area contributed by atoms with Crippen LogP contribution in [0.15, 0.2) is 36.7 Å². The Morgan fingerprint density at radius 1 is 1.16 bits per heavy atom. The van der Waals surface area contributed by atoms with Crippen LogP contribution in [-0.4, -0.2) is 19.2 Å². The molecule has 0 aliphatic carbocycles. The number of ether oxygens (including phenoxy) is 2. The van der Waals surface area contributed by atoms with Gasteiger partial charge in [0.05, 0.1) is 14.2 Å². The highest BCUT2D eigenvalue weighted by atomic mass is 16.5. The summed E-state index contributed by atoms with van der Waals surface area (Å²) in [5.74, 6) is 1.47. The number of benzene rings is 1. The molecule has 19 heavy (non-hydrogen) atoms. The van der Waals surface area contributed by atoms with Crippen molar-refractivity contribution in [3.8, 4) is 11.5 Å². The fourth-order valence-electron chi connectivity index (χ4n) is 1.87. The van der Waals surface area contributed by atoms with Gasteiger partial charge in [-0.1, -0.05) is 6.07 Å². The van der Waals surface area contributed by atoms with Gasteiger partial charge in [0.25, 0.3) is 0 Å². The zero-order valence-electron chi connectivity index (χ0n) is 11.4. The van der Waals surface area contributed by atoms with Gasteiger partial charge >= 0.3 is 0 Å². The Hall–Kier alpha value is -2.23. The maximum absolute atomic E-state index is 5.31. The molecule has 1 aromatic heterocycles. The highest BCUT2D eigenvalue weighted by Gasteiger charge is 2.08. The SMILES string of the molecule is COc1cc(C)c(NCc2cccnc2)cc1OC. The van der Waals surface area contributed by atoms with Crippen LogP contribution < -0.4 is 14.8 Å². The summed E-state index contributed by atoms with van der Waals surface area (Å²) in [7, 11) is 3.28. The average molecular weight is 258 g/mol. The minimum Gasteiger partial charge on any atom is -0.493 e. The molecule has 0 atom stereocenters. The molecule has 4 nitrogen and oxygen atoms in total. The van der Waals surface area contributed by atoms with Crippen molar-refractivity contribution in [1.82, 2.24) is 4.98 Å². The quantitative estimate of drug-likeness (QED) is 0.895. The van der Waals surface area contributed by atoms with E-state index in [1.807, 2.05) is 37.4 Å². The van der Waals surface area contributed by atoms with Crippen molar-refractivity contribution in [2.24, 2.45) is 0 Å². The van der Waals surface area contributed by atoms with Gasteiger partial charge in [0.15, 0.2) is 11.5 Å². The second-order valence-electron chi connectivity index (χ2n) is 4.24. The number of rotatable bonds is 5. The minimum absolute atomic E-state index is 0.724. The van der Waals surface area contributed by atoms with E-state index in [2.05, 4.69) is 10.3 Å². The Bertz CT molecular complexity index is 541. The van der Waals surface area contributed by atoms with Gasteiger partial charge < -0.3 is 14.8 Å². The maximum Gasteiger partial charge on any atom is 0.162 e. The van der Waals surface area contributed by atoms with Crippen LogP contribution in [0.2, 0.25) is 0 Å². The van der Waals surface area contributed by atoms with E-state index >= 15 is 0 Å². The third-order valence-corrected chi connectivity index (χ3v) is 2.94. The lowest BCUT2D eigenvalue weighted by Gasteiger charge is -2.14. The summed E-state index contributed by atoms with van der Waals surface area (Å²) in [6.45, 7) is 2.76. The number of aryl methyl sites for hydroxylation is 1. The van der Waals surface area contributed by atoms with Crippen LogP contribution in [0.4, 0.5) is 5.69 Å². The van der Waals surface area contributed by atoms with E-state index in [0.717, 1.165) is 34.9 Å². The average Bonchev–Trinajstić information content (AvgIpc) is 2.46. The molecule has 0 fully saturated rings. The van der Waals surface area contributed by atoms with E-state index < -0.39 is 0 Å². The Morgan fingerprint density at radius 2 is 1.89 bits per heavy atom. The zero-order chi connectivity index (χ0) is 13.7. The predicted molar refractivity (Wildman–Crippen MR) is 75.8 cm³/mol. The number of aromatic nitrogens is 1. The fraction of sp³-hybridized carbons (Fsp3) is 0.267. The molecule has 1 heterocycles. The van der Waals surface area contributed by atoms with Gasteiger partial charge in [0, 0.05) is 30.7 Å². The van der Waals surface area contributed by atoms with E-state index in [-0.39, 0.29) is 0 Å². The monoisotopic (exact) mass is 258 g/mol. The van der Waals surface area contributed by atoms with Crippen molar-refractivity contribution >= 4 is 5.69 Å².